The van der Waals surface area contributed by atoms with Crippen LogP contribution in [0, 0.1) is 0 Å². The van der Waals surface area contributed by atoms with E-state index in [4.69, 9.17) is 4.74 Å². The zero-order valence-electron chi connectivity index (χ0n) is 21.1. The molecule has 1 heterocycles. The van der Waals surface area contributed by atoms with E-state index >= 15 is 0 Å². The van der Waals surface area contributed by atoms with Gasteiger partial charge in [0.2, 0.25) is 0 Å². The predicted molar refractivity (Wildman–Crippen MR) is 151 cm³/mol. The van der Waals surface area contributed by atoms with Crippen LogP contribution in [0.1, 0.15) is 32.7 Å². The van der Waals surface area contributed by atoms with E-state index in [1.165, 1.54) is 5.56 Å². The van der Waals surface area contributed by atoms with Crippen molar-refractivity contribution in [1.29, 1.82) is 0 Å². The first kappa shape index (κ1) is 26.9. The van der Waals surface area contributed by atoms with Crippen molar-refractivity contribution in [2.75, 3.05) is 56.7 Å². The molecule has 1 aliphatic heterocycles. The number of hydrogen-bond donors (Lipinski definition) is 2. The minimum absolute atomic E-state index is 0.156. The number of anilines is 2. The van der Waals surface area contributed by atoms with E-state index in [9.17, 15) is 9.59 Å². The van der Waals surface area contributed by atoms with Crippen LogP contribution in [0.15, 0.2) is 77.3 Å². The normalized spacial score (nSPS) is 13.8. The van der Waals surface area contributed by atoms with Crippen molar-refractivity contribution >= 4 is 39.1 Å². The van der Waals surface area contributed by atoms with E-state index in [1.807, 2.05) is 30.3 Å². The molecule has 0 radical (unpaired) electrons. The molecule has 3 aromatic rings. The van der Waals surface area contributed by atoms with Crippen LogP contribution in [0.3, 0.4) is 0 Å². The third kappa shape index (κ3) is 7.64. The second-order valence-corrected chi connectivity index (χ2v) is 9.96. The summed E-state index contributed by atoms with van der Waals surface area (Å²) in [5, 5.41) is 5.93. The lowest BCUT2D eigenvalue weighted by atomic mass is 10.1. The lowest BCUT2D eigenvalue weighted by molar-refractivity contribution is 0.0947. The molecule has 194 valence electrons. The molecular weight excluding hydrogens is 532 g/mol. The van der Waals surface area contributed by atoms with E-state index in [-0.39, 0.29) is 11.8 Å². The first-order valence-corrected chi connectivity index (χ1v) is 13.3. The molecule has 2 N–H and O–H groups in total. The molecule has 37 heavy (non-hydrogen) atoms. The highest BCUT2D eigenvalue weighted by Crippen LogP contribution is 2.27. The van der Waals surface area contributed by atoms with Crippen LogP contribution < -0.4 is 15.5 Å². The second kappa shape index (κ2) is 13.4. The van der Waals surface area contributed by atoms with Gasteiger partial charge >= 0.3 is 0 Å². The zero-order valence-corrected chi connectivity index (χ0v) is 22.7. The number of benzene rings is 3. The molecule has 0 aliphatic carbocycles. The number of rotatable bonds is 10. The molecule has 0 aromatic heterocycles. The number of methoxy groups -OCH3 is 1. The van der Waals surface area contributed by atoms with Crippen molar-refractivity contribution in [3.05, 3.63) is 94.0 Å². The fraction of sp³-hybridized carbons (Fsp3) is 0.310. The molecular formula is C29H33BrN4O3. The molecule has 0 unspecified atom stereocenters. The summed E-state index contributed by atoms with van der Waals surface area (Å²) in [7, 11) is 1.65. The maximum atomic E-state index is 13.2. The maximum Gasteiger partial charge on any atom is 0.255 e. The Hall–Kier alpha value is -3.20. The summed E-state index contributed by atoms with van der Waals surface area (Å²) in [5.41, 5.74) is 3.86. The number of nitrogens with zero attached hydrogens (tertiary/aromatic N) is 2. The molecule has 1 fully saturated rings. The number of hydrogen-bond acceptors (Lipinski definition) is 5. The van der Waals surface area contributed by atoms with Crippen LogP contribution in [0.25, 0.3) is 0 Å². The number of nitrogens with one attached hydrogen (secondary N) is 2. The zero-order chi connectivity index (χ0) is 26.0. The van der Waals surface area contributed by atoms with Crippen LogP contribution in [0.2, 0.25) is 0 Å². The Morgan fingerprint density at radius 1 is 0.919 bits per heavy atom. The molecule has 0 saturated carbocycles. The predicted octanol–water partition coefficient (Wildman–Crippen LogP) is 4.79. The summed E-state index contributed by atoms with van der Waals surface area (Å²) in [6.07, 6.45) is 0.731. The average molecular weight is 566 g/mol. The van der Waals surface area contributed by atoms with Gasteiger partial charge < -0.3 is 20.3 Å². The minimum Gasteiger partial charge on any atom is -0.385 e. The first-order chi connectivity index (χ1) is 18.0. The molecule has 0 bridgehead atoms. The number of piperazine rings is 1. The van der Waals surface area contributed by atoms with Gasteiger partial charge in [0.1, 0.15) is 0 Å². The number of amides is 2. The van der Waals surface area contributed by atoms with Crippen molar-refractivity contribution in [2.45, 2.75) is 13.0 Å². The summed E-state index contributed by atoms with van der Waals surface area (Å²) < 4.78 is 5.93. The highest BCUT2D eigenvalue weighted by molar-refractivity contribution is 9.10. The van der Waals surface area contributed by atoms with Crippen molar-refractivity contribution in [2.24, 2.45) is 0 Å². The van der Waals surface area contributed by atoms with E-state index in [2.05, 4.69) is 60.6 Å². The van der Waals surface area contributed by atoms with Gasteiger partial charge in [-0.15, -0.1) is 0 Å². The van der Waals surface area contributed by atoms with Crippen LogP contribution in [0.4, 0.5) is 11.4 Å². The van der Waals surface area contributed by atoms with E-state index in [0.717, 1.165) is 49.3 Å². The summed E-state index contributed by atoms with van der Waals surface area (Å²) in [5.74, 6) is -0.383. The summed E-state index contributed by atoms with van der Waals surface area (Å²) in [6.45, 7) is 5.48. The molecule has 1 aliphatic rings. The van der Waals surface area contributed by atoms with E-state index in [1.54, 1.807) is 25.3 Å². The van der Waals surface area contributed by atoms with Crippen LogP contribution in [-0.2, 0) is 11.3 Å². The van der Waals surface area contributed by atoms with Crippen molar-refractivity contribution < 1.29 is 14.3 Å². The van der Waals surface area contributed by atoms with Gasteiger partial charge in [0.25, 0.3) is 11.8 Å². The molecule has 0 atom stereocenters. The average Bonchev–Trinajstić information content (AvgIpc) is 2.92. The molecule has 2 amide bonds. The third-order valence-electron chi connectivity index (χ3n) is 6.36. The van der Waals surface area contributed by atoms with Gasteiger partial charge in [0.05, 0.1) is 5.56 Å². The largest absolute Gasteiger partial charge is 0.385 e. The number of halogens is 1. The van der Waals surface area contributed by atoms with Gasteiger partial charge in [0.15, 0.2) is 0 Å². The highest BCUT2D eigenvalue weighted by atomic mass is 79.9. The Bertz CT molecular complexity index is 1200. The smallest absolute Gasteiger partial charge is 0.255 e. The lowest BCUT2D eigenvalue weighted by Crippen LogP contribution is -2.46. The second-order valence-electron chi connectivity index (χ2n) is 9.05. The number of carbonyl (C=O) groups excluding carboxylic acids is 2. The molecule has 7 nitrogen and oxygen atoms in total. The van der Waals surface area contributed by atoms with Crippen molar-refractivity contribution in [3.63, 3.8) is 0 Å². The number of carbonyl (C=O) groups is 2. The minimum atomic E-state index is -0.227. The van der Waals surface area contributed by atoms with Gasteiger partial charge in [0, 0.05) is 74.4 Å². The van der Waals surface area contributed by atoms with Crippen molar-refractivity contribution in [3.8, 4) is 0 Å². The Balaban J connectivity index is 1.48. The fourth-order valence-corrected chi connectivity index (χ4v) is 4.81. The van der Waals surface area contributed by atoms with E-state index in [0.29, 0.717) is 30.0 Å². The van der Waals surface area contributed by atoms with Crippen LogP contribution in [0.5, 0.6) is 0 Å². The van der Waals surface area contributed by atoms with Gasteiger partial charge in [-0.05, 0) is 48.4 Å². The summed E-state index contributed by atoms with van der Waals surface area (Å²) in [6, 6.07) is 23.3. The van der Waals surface area contributed by atoms with Gasteiger partial charge in [-0.25, -0.2) is 0 Å². The maximum absolute atomic E-state index is 13.2. The molecule has 0 spiro atoms. The SMILES string of the molecule is COCCCNC(=O)c1cc(NC(=O)c2cccc(Br)c2)ccc1N1CCN(Cc2ccccc2)CC1. The topological polar surface area (TPSA) is 73.9 Å². The quantitative estimate of drug-likeness (QED) is 0.346. The third-order valence-corrected chi connectivity index (χ3v) is 6.85. The number of ether oxygens (including phenoxy) is 1. The van der Waals surface area contributed by atoms with Gasteiger partial charge in [-0.1, -0.05) is 52.3 Å². The summed E-state index contributed by atoms with van der Waals surface area (Å²) >= 11 is 3.41. The Morgan fingerprint density at radius 3 is 2.43 bits per heavy atom. The molecule has 4 rings (SSSR count). The Morgan fingerprint density at radius 2 is 1.70 bits per heavy atom. The first-order valence-electron chi connectivity index (χ1n) is 12.5. The molecule has 8 heteroatoms. The summed E-state index contributed by atoms with van der Waals surface area (Å²) in [4.78, 5) is 30.7. The molecule has 3 aromatic carbocycles. The Kier molecular flexibility index (Phi) is 9.71. The monoisotopic (exact) mass is 564 g/mol. The standard InChI is InChI=1S/C29H33BrN4O3/c1-37-18-6-13-31-29(36)26-20-25(32-28(35)23-9-5-10-24(30)19-23)11-12-27(26)34-16-14-33(15-17-34)21-22-7-3-2-4-8-22/h2-5,7-12,19-20H,6,13-18,21H2,1H3,(H,31,36)(H,32,35). The van der Waals surface area contributed by atoms with Crippen LogP contribution in [-0.4, -0.2) is 63.2 Å². The van der Waals surface area contributed by atoms with Crippen molar-refractivity contribution in [1.82, 2.24) is 10.2 Å². The fourth-order valence-electron chi connectivity index (χ4n) is 4.41. The van der Waals surface area contributed by atoms with Crippen LogP contribution >= 0.6 is 15.9 Å². The van der Waals surface area contributed by atoms with Gasteiger partial charge in [-0.3, -0.25) is 14.5 Å². The molecule has 1 saturated heterocycles. The Labute approximate surface area is 226 Å². The highest BCUT2D eigenvalue weighted by Gasteiger charge is 2.22. The van der Waals surface area contributed by atoms with E-state index < -0.39 is 0 Å². The lowest BCUT2D eigenvalue weighted by Gasteiger charge is -2.37. The van der Waals surface area contributed by atoms with Gasteiger partial charge in [-0.2, -0.15) is 0 Å².